The van der Waals surface area contributed by atoms with Crippen LogP contribution in [-0.2, 0) is 11.8 Å². The Hall–Kier alpha value is -1.82. The van der Waals surface area contributed by atoms with Crippen LogP contribution in [0.4, 0.5) is 0 Å². The average Bonchev–Trinajstić information content (AvgIpc) is 2.68. The number of rotatable bonds is 4. The number of nitrogens with zero attached hydrogens (tertiary/aromatic N) is 2. The van der Waals surface area contributed by atoms with Crippen LogP contribution in [0.15, 0.2) is 29.4 Å². The third-order valence-corrected chi connectivity index (χ3v) is 3.30. The second kappa shape index (κ2) is 5.22. The summed E-state index contributed by atoms with van der Waals surface area (Å²) in [5, 5.41) is 3.77. The standard InChI is InChI=1S/C12H14N4OS/c1-8-4-3-5-9(6-8)11-14-12(15-16(11)2)18-7-10(13)17/h3-6H,7H2,1-2H3,(H2,13,17)/p+1. The number of amides is 1. The maximum absolute atomic E-state index is 10.7. The van der Waals surface area contributed by atoms with Crippen LogP contribution < -0.4 is 10.4 Å². The molecule has 2 rings (SSSR count). The molecule has 18 heavy (non-hydrogen) atoms. The van der Waals surface area contributed by atoms with E-state index in [1.807, 2.05) is 36.9 Å². The minimum Gasteiger partial charge on any atom is -0.369 e. The van der Waals surface area contributed by atoms with Gasteiger partial charge in [0.2, 0.25) is 5.91 Å². The fourth-order valence-electron chi connectivity index (χ4n) is 1.64. The number of nitrogens with one attached hydrogen (secondary N) is 1. The first-order valence-electron chi connectivity index (χ1n) is 5.50. The summed E-state index contributed by atoms with van der Waals surface area (Å²) in [5.74, 6) is 0.711. The lowest BCUT2D eigenvalue weighted by atomic mass is 10.1. The number of hydrogen-bond donors (Lipinski definition) is 2. The van der Waals surface area contributed by atoms with Crippen molar-refractivity contribution in [3.63, 3.8) is 0 Å². The predicted octanol–water partition coefficient (Wildman–Crippen LogP) is 0.787. The highest BCUT2D eigenvalue weighted by molar-refractivity contribution is 7.99. The van der Waals surface area contributed by atoms with Crippen LogP contribution >= 0.6 is 11.8 Å². The number of aromatic amines is 1. The van der Waals surface area contributed by atoms with Crippen LogP contribution in [0.25, 0.3) is 11.4 Å². The van der Waals surface area contributed by atoms with Gasteiger partial charge in [0.05, 0.1) is 11.3 Å². The van der Waals surface area contributed by atoms with Crippen molar-refractivity contribution in [2.45, 2.75) is 12.1 Å². The molecule has 94 valence electrons. The van der Waals surface area contributed by atoms with E-state index in [0.717, 1.165) is 11.4 Å². The van der Waals surface area contributed by atoms with E-state index in [0.29, 0.717) is 5.16 Å². The van der Waals surface area contributed by atoms with Gasteiger partial charge < -0.3 is 5.73 Å². The van der Waals surface area contributed by atoms with Crippen molar-refractivity contribution >= 4 is 17.7 Å². The van der Waals surface area contributed by atoms with Gasteiger partial charge in [-0.1, -0.05) is 17.7 Å². The topological polar surface area (TPSA) is 75.6 Å². The number of primary amides is 1. The summed E-state index contributed by atoms with van der Waals surface area (Å²) in [6, 6.07) is 8.11. The summed E-state index contributed by atoms with van der Waals surface area (Å²) in [4.78, 5) is 15.2. The maximum Gasteiger partial charge on any atom is 0.351 e. The van der Waals surface area contributed by atoms with Crippen molar-refractivity contribution < 1.29 is 9.48 Å². The van der Waals surface area contributed by atoms with Gasteiger partial charge in [-0.3, -0.25) is 4.79 Å². The molecule has 0 aliphatic carbocycles. The second-order valence-corrected chi connectivity index (χ2v) is 5.00. The average molecular weight is 263 g/mol. The molecule has 0 atom stereocenters. The van der Waals surface area contributed by atoms with E-state index >= 15 is 0 Å². The molecule has 1 amide bonds. The third kappa shape index (κ3) is 2.89. The molecule has 3 N–H and O–H groups in total. The molecular weight excluding hydrogens is 248 g/mol. The van der Waals surface area contributed by atoms with Gasteiger partial charge in [-0.25, -0.2) is 0 Å². The fourth-order valence-corrected chi connectivity index (χ4v) is 2.27. The SMILES string of the molecule is Cc1cccc(-c2nc(SCC(N)=O)[nH][n+]2C)c1. The highest BCUT2D eigenvalue weighted by Crippen LogP contribution is 2.18. The summed E-state index contributed by atoms with van der Waals surface area (Å²) >= 11 is 1.30. The van der Waals surface area contributed by atoms with Crippen LogP contribution in [0.2, 0.25) is 0 Å². The van der Waals surface area contributed by atoms with Gasteiger partial charge in [-0.2, -0.15) is 9.78 Å². The molecule has 0 radical (unpaired) electrons. The zero-order valence-corrected chi connectivity index (χ0v) is 11.1. The van der Waals surface area contributed by atoms with Gasteiger partial charge in [0, 0.05) is 0 Å². The normalized spacial score (nSPS) is 10.6. The summed E-state index contributed by atoms with van der Waals surface area (Å²) in [7, 11) is 1.89. The lowest BCUT2D eigenvalue weighted by Gasteiger charge is -1.94. The Balaban J connectivity index is 2.26. The molecule has 0 fully saturated rings. The van der Waals surface area contributed by atoms with Crippen molar-refractivity contribution in [3.8, 4) is 11.4 Å². The molecule has 0 bridgehead atoms. The zero-order valence-electron chi connectivity index (χ0n) is 10.3. The maximum atomic E-state index is 10.7. The van der Waals surface area contributed by atoms with E-state index in [4.69, 9.17) is 5.73 Å². The Kier molecular flexibility index (Phi) is 3.66. The third-order valence-electron chi connectivity index (χ3n) is 2.42. The van der Waals surface area contributed by atoms with Crippen molar-refractivity contribution in [2.24, 2.45) is 12.8 Å². The number of aryl methyl sites for hydroxylation is 2. The number of carbonyl (C=O) groups is 1. The highest BCUT2D eigenvalue weighted by Gasteiger charge is 2.19. The minimum absolute atomic E-state index is 0.223. The Bertz CT molecular complexity index is 579. The van der Waals surface area contributed by atoms with Gasteiger partial charge in [-0.05, 0) is 35.8 Å². The van der Waals surface area contributed by atoms with E-state index in [2.05, 4.69) is 16.1 Å². The summed E-state index contributed by atoms with van der Waals surface area (Å²) in [5.41, 5.74) is 7.33. The van der Waals surface area contributed by atoms with Crippen molar-refractivity contribution in [1.82, 2.24) is 10.1 Å². The van der Waals surface area contributed by atoms with Crippen molar-refractivity contribution in [3.05, 3.63) is 29.8 Å². The molecule has 6 heteroatoms. The van der Waals surface area contributed by atoms with E-state index < -0.39 is 0 Å². The molecule has 0 aliphatic heterocycles. The molecule has 2 aromatic rings. The molecule has 1 aromatic heterocycles. The summed E-state index contributed by atoms with van der Waals surface area (Å²) in [6.07, 6.45) is 0. The Morgan fingerprint density at radius 2 is 2.33 bits per heavy atom. The largest absolute Gasteiger partial charge is 0.369 e. The van der Waals surface area contributed by atoms with Crippen LogP contribution in [0.1, 0.15) is 5.56 Å². The Morgan fingerprint density at radius 3 is 3.00 bits per heavy atom. The zero-order chi connectivity index (χ0) is 13.1. The monoisotopic (exact) mass is 263 g/mol. The lowest BCUT2D eigenvalue weighted by Crippen LogP contribution is -2.32. The lowest BCUT2D eigenvalue weighted by molar-refractivity contribution is -0.719. The van der Waals surface area contributed by atoms with Crippen LogP contribution in [0, 0.1) is 6.92 Å². The van der Waals surface area contributed by atoms with Crippen molar-refractivity contribution in [2.75, 3.05) is 5.75 Å². The van der Waals surface area contributed by atoms with Crippen molar-refractivity contribution in [1.29, 1.82) is 0 Å². The van der Waals surface area contributed by atoms with Gasteiger partial charge in [0.25, 0.3) is 0 Å². The van der Waals surface area contributed by atoms with Crippen LogP contribution in [-0.4, -0.2) is 21.7 Å². The van der Waals surface area contributed by atoms with Gasteiger partial charge in [0.1, 0.15) is 7.05 Å². The first kappa shape index (κ1) is 12.6. The number of benzene rings is 1. The van der Waals surface area contributed by atoms with E-state index in [-0.39, 0.29) is 11.7 Å². The number of H-pyrrole nitrogens is 1. The van der Waals surface area contributed by atoms with E-state index in [9.17, 15) is 4.79 Å². The molecule has 0 unspecified atom stereocenters. The van der Waals surface area contributed by atoms with E-state index in [1.165, 1.54) is 17.3 Å². The molecule has 0 saturated heterocycles. The Labute approximate surface area is 109 Å². The first-order valence-corrected chi connectivity index (χ1v) is 6.49. The van der Waals surface area contributed by atoms with Gasteiger partial charge >= 0.3 is 11.0 Å². The molecule has 1 aromatic carbocycles. The molecule has 0 aliphatic rings. The van der Waals surface area contributed by atoms with Crippen LogP contribution in [0.3, 0.4) is 0 Å². The smallest absolute Gasteiger partial charge is 0.351 e. The predicted molar refractivity (Wildman–Crippen MR) is 69.9 cm³/mol. The first-order chi connectivity index (χ1) is 8.56. The summed E-state index contributed by atoms with van der Waals surface area (Å²) < 4.78 is 1.83. The number of thioether (sulfide) groups is 1. The molecule has 0 spiro atoms. The second-order valence-electron chi connectivity index (χ2n) is 4.04. The van der Waals surface area contributed by atoms with Gasteiger partial charge in [0.15, 0.2) is 0 Å². The Morgan fingerprint density at radius 1 is 1.56 bits per heavy atom. The molecule has 1 heterocycles. The molecule has 0 saturated carbocycles. The highest BCUT2D eigenvalue weighted by atomic mass is 32.2. The minimum atomic E-state index is -0.351. The van der Waals surface area contributed by atoms with Gasteiger partial charge in [-0.15, -0.1) is 0 Å². The number of carbonyl (C=O) groups excluding carboxylic acids is 1. The molecular formula is C12H15N4OS+. The number of nitrogens with two attached hydrogens (primary N) is 1. The van der Waals surface area contributed by atoms with Crippen LogP contribution in [0.5, 0.6) is 0 Å². The molecule has 5 nitrogen and oxygen atoms in total. The fraction of sp³-hybridized carbons (Fsp3) is 0.250. The number of aromatic nitrogens is 3. The number of hydrogen-bond acceptors (Lipinski definition) is 3. The quantitative estimate of drug-likeness (QED) is 0.632. The summed E-state index contributed by atoms with van der Waals surface area (Å²) in [6.45, 7) is 2.04. The van der Waals surface area contributed by atoms with E-state index in [1.54, 1.807) is 0 Å².